The molecule has 0 heterocycles. The van der Waals surface area contributed by atoms with Crippen LogP contribution in [-0.2, 0) is 4.79 Å². The van der Waals surface area contributed by atoms with Crippen LogP contribution in [0.4, 0.5) is 0 Å². The van der Waals surface area contributed by atoms with Crippen molar-refractivity contribution in [2.24, 2.45) is 17.8 Å². The SMILES string of the molecule is COc1cc(C(=O)NC2CC3C(C2)C3C(=O)O)ccc1C. The van der Waals surface area contributed by atoms with Gasteiger partial charge in [0.2, 0.25) is 0 Å². The molecule has 2 fully saturated rings. The largest absolute Gasteiger partial charge is 0.496 e. The molecule has 3 rings (SSSR count). The summed E-state index contributed by atoms with van der Waals surface area (Å²) in [5, 5.41) is 12.0. The van der Waals surface area contributed by atoms with Gasteiger partial charge in [-0.05, 0) is 49.3 Å². The molecule has 0 radical (unpaired) electrons. The Hall–Kier alpha value is -2.04. The van der Waals surface area contributed by atoms with Gasteiger partial charge in [-0.2, -0.15) is 0 Å². The average molecular weight is 289 g/mol. The van der Waals surface area contributed by atoms with Crippen LogP contribution in [0.25, 0.3) is 0 Å². The Labute approximate surface area is 123 Å². The summed E-state index contributed by atoms with van der Waals surface area (Å²) in [6, 6.07) is 5.47. The maximum atomic E-state index is 12.2. The summed E-state index contributed by atoms with van der Waals surface area (Å²) in [6.07, 6.45) is 1.55. The molecule has 5 heteroatoms. The number of carboxylic acid groups (broad SMARTS) is 1. The summed E-state index contributed by atoms with van der Waals surface area (Å²) in [5.41, 5.74) is 1.56. The molecule has 5 nitrogen and oxygen atoms in total. The number of carbonyl (C=O) groups is 2. The quantitative estimate of drug-likeness (QED) is 0.887. The topological polar surface area (TPSA) is 75.6 Å². The Morgan fingerprint density at radius 1 is 1.29 bits per heavy atom. The average Bonchev–Trinajstić information content (AvgIpc) is 2.97. The van der Waals surface area contributed by atoms with Crippen LogP contribution in [0.5, 0.6) is 5.75 Å². The predicted molar refractivity (Wildman–Crippen MR) is 76.3 cm³/mol. The molecule has 2 saturated carbocycles. The van der Waals surface area contributed by atoms with Crippen LogP contribution >= 0.6 is 0 Å². The third-order valence-corrected chi connectivity index (χ3v) is 4.74. The van der Waals surface area contributed by atoms with Gasteiger partial charge in [0.05, 0.1) is 13.0 Å². The Morgan fingerprint density at radius 2 is 1.95 bits per heavy atom. The molecule has 21 heavy (non-hydrogen) atoms. The number of hydrogen-bond acceptors (Lipinski definition) is 3. The number of hydrogen-bond donors (Lipinski definition) is 2. The first kappa shape index (κ1) is 13.9. The summed E-state index contributed by atoms with van der Waals surface area (Å²) >= 11 is 0. The molecule has 1 aromatic rings. The fraction of sp³-hybridized carbons (Fsp3) is 0.500. The van der Waals surface area contributed by atoms with Crippen molar-refractivity contribution in [2.45, 2.75) is 25.8 Å². The smallest absolute Gasteiger partial charge is 0.307 e. The summed E-state index contributed by atoms with van der Waals surface area (Å²) in [6.45, 7) is 1.93. The van der Waals surface area contributed by atoms with Gasteiger partial charge in [-0.15, -0.1) is 0 Å². The second-order valence-corrected chi connectivity index (χ2v) is 6.02. The zero-order valence-corrected chi connectivity index (χ0v) is 12.1. The van der Waals surface area contributed by atoms with E-state index in [4.69, 9.17) is 9.84 Å². The number of rotatable bonds is 4. The highest BCUT2D eigenvalue weighted by Gasteiger charge is 2.60. The number of ether oxygens (including phenoxy) is 1. The summed E-state index contributed by atoms with van der Waals surface area (Å²) in [5.74, 6) is 0.200. The van der Waals surface area contributed by atoms with E-state index in [9.17, 15) is 9.59 Å². The van der Waals surface area contributed by atoms with Gasteiger partial charge >= 0.3 is 5.97 Å². The first-order chi connectivity index (χ1) is 10.0. The van der Waals surface area contributed by atoms with Crippen molar-refractivity contribution in [3.63, 3.8) is 0 Å². The van der Waals surface area contributed by atoms with Gasteiger partial charge in [0.1, 0.15) is 5.75 Å². The number of carboxylic acids is 1. The fourth-order valence-electron chi connectivity index (χ4n) is 3.56. The lowest BCUT2D eigenvalue weighted by atomic mass is 10.1. The van der Waals surface area contributed by atoms with Crippen LogP contribution in [0, 0.1) is 24.7 Å². The first-order valence-corrected chi connectivity index (χ1v) is 7.19. The van der Waals surface area contributed by atoms with E-state index < -0.39 is 5.97 Å². The van der Waals surface area contributed by atoms with Crippen molar-refractivity contribution >= 4 is 11.9 Å². The zero-order valence-electron chi connectivity index (χ0n) is 12.1. The molecular weight excluding hydrogens is 270 g/mol. The molecule has 2 aliphatic carbocycles. The zero-order chi connectivity index (χ0) is 15.1. The number of nitrogens with one attached hydrogen (secondary N) is 1. The van der Waals surface area contributed by atoms with E-state index in [1.807, 2.05) is 13.0 Å². The highest BCUT2D eigenvalue weighted by Crippen LogP contribution is 2.57. The van der Waals surface area contributed by atoms with Crippen molar-refractivity contribution in [1.82, 2.24) is 5.32 Å². The summed E-state index contributed by atoms with van der Waals surface area (Å²) in [7, 11) is 1.58. The molecule has 0 aromatic heterocycles. The van der Waals surface area contributed by atoms with Crippen LogP contribution in [-0.4, -0.2) is 30.1 Å². The predicted octanol–water partition coefficient (Wildman–Crippen LogP) is 1.84. The Kier molecular flexibility index (Phi) is 3.35. The summed E-state index contributed by atoms with van der Waals surface area (Å²) < 4.78 is 5.23. The Morgan fingerprint density at radius 3 is 2.52 bits per heavy atom. The van der Waals surface area contributed by atoms with E-state index in [1.165, 1.54) is 0 Å². The van der Waals surface area contributed by atoms with Crippen molar-refractivity contribution in [3.8, 4) is 5.75 Å². The molecule has 112 valence electrons. The molecule has 1 amide bonds. The maximum absolute atomic E-state index is 12.2. The number of amides is 1. The van der Waals surface area contributed by atoms with E-state index in [0.29, 0.717) is 11.3 Å². The van der Waals surface area contributed by atoms with E-state index in [-0.39, 0.29) is 29.7 Å². The molecular formula is C16H19NO4. The highest BCUT2D eigenvalue weighted by atomic mass is 16.5. The number of aliphatic carboxylic acids is 1. The molecule has 0 spiro atoms. The first-order valence-electron chi connectivity index (χ1n) is 7.19. The third kappa shape index (κ3) is 2.48. The van der Waals surface area contributed by atoms with E-state index in [2.05, 4.69) is 5.32 Å². The minimum atomic E-state index is -0.696. The van der Waals surface area contributed by atoms with Gasteiger partial charge in [0.25, 0.3) is 5.91 Å². The van der Waals surface area contributed by atoms with Gasteiger partial charge in [0.15, 0.2) is 0 Å². The van der Waals surface area contributed by atoms with E-state index in [0.717, 1.165) is 18.4 Å². The minimum absolute atomic E-state index is 0.0930. The van der Waals surface area contributed by atoms with Gasteiger partial charge in [0, 0.05) is 11.6 Å². The van der Waals surface area contributed by atoms with Crippen LogP contribution in [0.15, 0.2) is 18.2 Å². The molecule has 2 atom stereocenters. The van der Waals surface area contributed by atoms with Gasteiger partial charge in [-0.1, -0.05) is 6.07 Å². The van der Waals surface area contributed by atoms with E-state index in [1.54, 1.807) is 19.2 Å². The lowest BCUT2D eigenvalue weighted by Gasteiger charge is -2.16. The lowest BCUT2D eigenvalue weighted by molar-refractivity contribution is -0.139. The van der Waals surface area contributed by atoms with Crippen molar-refractivity contribution < 1.29 is 19.4 Å². The molecule has 2 aliphatic rings. The summed E-state index contributed by atoms with van der Waals surface area (Å²) in [4.78, 5) is 23.2. The van der Waals surface area contributed by atoms with Crippen molar-refractivity contribution in [1.29, 1.82) is 0 Å². The lowest BCUT2D eigenvalue weighted by Crippen LogP contribution is -2.34. The molecule has 2 N–H and O–H groups in total. The van der Waals surface area contributed by atoms with Crippen LogP contribution in [0.3, 0.4) is 0 Å². The molecule has 1 aromatic carbocycles. The highest BCUT2D eigenvalue weighted by molar-refractivity contribution is 5.95. The number of fused-ring (bicyclic) bond motifs is 1. The monoisotopic (exact) mass is 289 g/mol. The fourth-order valence-corrected chi connectivity index (χ4v) is 3.56. The van der Waals surface area contributed by atoms with Gasteiger partial charge < -0.3 is 15.2 Å². The maximum Gasteiger partial charge on any atom is 0.307 e. The van der Waals surface area contributed by atoms with Crippen LogP contribution in [0.2, 0.25) is 0 Å². The second kappa shape index (κ2) is 5.06. The Bertz CT molecular complexity index is 586. The van der Waals surface area contributed by atoms with E-state index >= 15 is 0 Å². The van der Waals surface area contributed by atoms with Crippen molar-refractivity contribution in [3.05, 3.63) is 29.3 Å². The standard InChI is InChI=1S/C16H19NO4/c1-8-3-4-9(5-13(8)21-2)15(18)17-10-6-11-12(7-10)14(11)16(19)20/h3-5,10-12,14H,6-7H2,1-2H3,(H,17,18)(H,19,20). The number of aryl methyl sites for hydroxylation is 1. The molecule has 0 bridgehead atoms. The molecule has 2 unspecified atom stereocenters. The van der Waals surface area contributed by atoms with Crippen molar-refractivity contribution in [2.75, 3.05) is 7.11 Å². The number of methoxy groups -OCH3 is 1. The minimum Gasteiger partial charge on any atom is -0.496 e. The van der Waals surface area contributed by atoms with Gasteiger partial charge in [-0.25, -0.2) is 0 Å². The number of benzene rings is 1. The van der Waals surface area contributed by atoms with Crippen LogP contribution in [0.1, 0.15) is 28.8 Å². The van der Waals surface area contributed by atoms with Gasteiger partial charge in [-0.3, -0.25) is 9.59 Å². The Balaban J connectivity index is 1.60. The molecule has 0 saturated heterocycles. The second-order valence-electron chi connectivity index (χ2n) is 6.02. The number of carbonyl (C=O) groups excluding carboxylic acids is 1. The third-order valence-electron chi connectivity index (χ3n) is 4.74. The normalized spacial score (nSPS) is 29.6. The van der Waals surface area contributed by atoms with Crippen LogP contribution < -0.4 is 10.1 Å². The molecule has 0 aliphatic heterocycles.